The summed E-state index contributed by atoms with van der Waals surface area (Å²) in [5.74, 6) is 0.921. The van der Waals surface area contributed by atoms with Crippen molar-refractivity contribution in [2.45, 2.75) is 25.5 Å². The van der Waals surface area contributed by atoms with Gasteiger partial charge in [-0.3, -0.25) is 4.79 Å². The van der Waals surface area contributed by atoms with Gasteiger partial charge in [0.15, 0.2) is 0 Å². The molecule has 1 heterocycles. The molecule has 0 saturated carbocycles. The third-order valence-corrected chi connectivity index (χ3v) is 3.54. The molecule has 0 bridgehead atoms. The molecular formula is C18H17NO4. The van der Waals surface area contributed by atoms with Crippen molar-refractivity contribution in [1.29, 1.82) is 0 Å². The van der Waals surface area contributed by atoms with Crippen LogP contribution in [-0.2, 0) is 20.9 Å². The maximum Gasteiger partial charge on any atom is 0.328 e. The van der Waals surface area contributed by atoms with Gasteiger partial charge in [-0.2, -0.15) is 0 Å². The Labute approximate surface area is 134 Å². The number of amides is 1. The molecule has 2 aromatic rings. The molecule has 1 amide bonds. The summed E-state index contributed by atoms with van der Waals surface area (Å²) in [6, 6.07) is 16.3. The van der Waals surface area contributed by atoms with Crippen LogP contribution in [0.5, 0.6) is 11.5 Å². The van der Waals surface area contributed by atoms with Gasteiger partial charge in [-0.05, 0) is 36.2 Å². The molecule has 1 unspecified atom stereocenters. The number of benzene rings is 2. The van der Waals surface area contributed by atoms with Crippen LogP contribution in [0.2, 0.25) is 0 Å². The summed E-state index contributed by atoms with van der Waals surface area (Å²) in [5.41, 5.74) is 0.830. The molecule has 118 valence electrons. The molecule has 1 saturated heterocycles. The highest BCUT2D eigenvalue weighted by molar-refractivity contribution is 5.88. The van der Waals surface area contributed by atoms with Crippen LogP contribution in [-0.4, -0.2) is 17.9 Å². The minimum absolute atomic E-state index is 0.106. The standard InChI is InChI=1S/C18H17NO4/c20-17-10-9-16(19-17)18(21)22-12-13-5-4-8-15(11-13)23-14-6-2-1-3-7-14/h1-8,11,16H,9-10,12H2,(H,19,20). The van der Waals surface area contributed by atoms with Crippen molar-refractivity contribution < 1.29 is 19.1 Å². The lowest BCUT2D eigenvalue weighted by atomic mass is 10.2. The largest absolute Gasteiger partial charge is 0.459 e. The molecule has 1 aliphatic heterocycles. The monoisotopic (exact) mass is 311 g/mol. The fraction of sp³-hybridized carbons (Fsp3) is 0.222. The Morgan fingerprint density at radius 2 is 1.87 bits per heavy atom. The Morgan fingerprint density at radius 1 is 1.09 bits per heavy atom. The van der Waals surface area contributed by atoms with E-state index in [2.05, 4.69) is 5.32 Å². The highest BCUT2D eigenvalue weighted by Crippen LogP contribution is 2.22. The van der Waals surface area contributed by atoms with Gasteiger partial charge in [0.05, 0.1) is 0 Å². The van der Waals surface area contributed by atoms with Crippen LogP contribution in [0, 0.1) is 0 Å². The second-order valence-electron chi connectivity index (χ2n) is 5.33. The Kier molecular flexibility index (Phi) is 4.57. The van der Waals surface area contributed by atoms with E-state index >= 15 is 0 Å². The molecule has 2 aromatic carbocycles. The first-order valence-electron chi connectivity index (χ1n) is 7.48. The predicted octanol–water partition coefficient (Wildman–Crippen LogP) is 2.80. The second-order valence-corrected chi connectivity index (χ2v) is 5.33. The van der Waals surface area contributed by atoms with Gasteiger partial charge in [0.25, 0.3) is 0 Å². The molecule has 0 spiro atoms. The van der Waals surface area contributed by atoms with Gasteiger partial charge in [-0.1, -0.05) is 30.3 Å². The van der Waals surface area contributed by atoms with E-state index in [4.69, 9.17) is 9.47 Å². The van der Waals surface area contributed by atoms with E-state index in [0.29, 0.717) is 18.6 Å². The molecule has 5 heteroatoms. The van der Waals surface area contributed by atoms with E-state index in [1.54, 1.807) is 0 Å². The molecule has 0 aliphatic carbocycles. The number of para-hydroxylation sites is 1. The van der Waals surface area contributed by atoms with Crippen LogP contribution in [0.15, 0.2) is 54.6 Å². The molecule has 1 fully saturated rings. The normalized spacial score (nSPS) is 16.7. The van der Waals surface area contributed by atoms with Gasteiger partial charge < -0.3 is 14.8 Å². The SMILES string of the molecule is O=C1CCC(C(=O)OCc2cccc(Oc3ccccc3)c2)N1. The average Bonchev–Trinajstić information content (AvgIpc) is 3.01. The molecule has 23 heavy (non-hydrogen) atoms. The van der Waals surface area contributed by atoms with E-state index in [0.717, 1.165) is 11.3 Å². The number of carbonyl (C=O) groups is 2. The van der Waals surface area contributed by atoms with Crippen molar-refractivity contribution in [3.8, 4) is 11.5 Å². The summed E-state index contributed by atoms with van der Waals surface area (Å²) in [6.45, 7) is 0.150. The average molecular weight is 311 g/mol. The highest BCUT2D eigenvalue weighted by Gasteiger charge is 2.28. The Bertz CT molecular complexity index is 699. The van der Waals surface area contributed by atoms with Gasteiger partial charge in [-0.15, -0.1) is 0 Å². The first kappa shape index (κ1) is 15.1. The smallest absolute Gasteiger partial charge is 0.328 e. The van der Waals surface area contributed by atoms with Crippen LogP contribution in [0.4, 0.5) is 0 Å². The van der Waals surface area contributed by atoms with Crippen LogP contribution in [0.25, 0.3) is 0 Å². The number of carbonyl (C=O) groups excluding carboxylic acids is 2. The summed E-state index contributed by atoms with van der Waals surface area (Å²) in [4.78, 5) is 23.0. The van der Waals surface area contributed by atoms with E-state index in [-0.39, 0.29) is 12.5 Å². The molecular weight excluding hydrogens is 294 g/mol. The van der Waals surface area contributed by atoms with E-state index in [1.165, 1.54) is 0 Å². The van der Waals surface area contributed by atoms with Crippen molar-refractivity contribution in [3.63, 3.8) is 0 Å². The third-order valence-electron chi connectivity index (χ3n) is 3.54. The van der Waals surface area contributed by atoms with Crippen molar-refractivity contribution in [2.24, 2.45) is 0 Å². The van der Waals surface area contributed by atoms with Crippen LogP contribution < -0.4 is 10.1 Å². The maximum atomic E-state index is 11.9. The van der Waals surface area contributed by atoms with Gasteiger partial charge in [0, 0.05) is 6.42 Å². The minimum atomic E-state index is -0.522. The topological polar surface area (TPSA) is 64.6 Å². The van der Waals surface area contributed by atoms with E-state index < -0.39 is 12.0 Å². The zero-order valence-electron chi connectivity index (χ0n) is 12.5. The Hall–Kier alpha value is -2.82. The fourth-order valence-electron chi connectivity index (χ4n) is 2.37. The first-order chi connectivity index (χ1) is 11.2. The van der Waals surface area contributed by atoms with Crippen LogP contribution in [0.3, 0.4) is 0 Å². The molecule has 1 N–H and O–H groups in total. The molecule has 5 nitrogen and oxygen atoms in total. The van der Waals surface area contributed by atoms with Gasteiger partial charge in [-0.25, -0.2) is 4.79 Å². The fourth-order valence-corrected chi connectivity index (χ4v) is 2.37. The minimum Gasteiger partial charge on any atom is -0.459 e. The zero-order valence-corrected chi connectivity index (χ0v) is 12.5. The van der Waals surface area contributed by atoms with E-state index in [9.17, 15) is 9.59 Å². The number of hydrogen-bond donors (Lipinski definition) is 1. The number of nitrogens with one attached hydrogen (secondary N) is 1. The quantitative estimate of drug-likeness (QED) is 0.862. The summed E-state index contributed by atoms with van der Waals surface area (Å²) in [7, 11) is 0. The number of esters is 1. The Morgan fingerprint density at radius 3 is 2.61 bits per heavy atom. The third kappa shape index (κ3) is 4.10. The number of hydrogen-bond acceptors (Lipinski definition) is 4. The van der Waals surface area contributed by atoms with Gasteiger partial charge >= 0.3 is 5.97 Å². The maximum absolute atomic E-state index is 11.9. The van der Waals surface area contributed by atoms with Crippen LogP contribution in [0.1, 0.15) is 18.4 Å². The lowest BCUT2D eigenvalue weighted by molar-refractivity contribution is -0.147. The first-order valence-corrected chi connectivity index (χ1v) is 7.48. The second kappa shape index (κ2) is 6.96. The lowest BCUT2D eigenvalue weighted by Crippen LogP contribution is -2.34. The van der Waals surface area contributed by atoms with Crippen LogP contribution >= 0.6 is 0 Å². The summed E-state index contributed by atoms with van der Waals surface area (Å²) >= 11 is 0. The molecule has 0 radical (unpaired) electrons. The summed E-state index contributed by atoms with van der Waals surface area (Å²) < 4.78 is 11.0. The van der Waals surface area contributed by atoms with Gasteiger partial charge in [0.1, 0.15) is 24.1 Å². The molecule has 1 aliphatic rings. The van der Waals surface area contributed by atoms with Crippen molar-refractivity contribution in [1.82, 2.24) is 5.32 Å². The summed E-state index contributed by atoms with van der Waals surface area (Å²) in [6.07, 6.45) is 0.870. The lowest BCUT2D eigenvalue weighted by Gasteiger charge is -2.11. The molecule has 3 rings (SSSR count). The Balaban J connectivity index is 1.57. The van der Waals surface area contributed by atoms with E-state index in [1.807, 2.05) is 54.6 Å². The number of ether oxygens (including phenoxy) is 2. The van der Waals surface area contributed by atoms with Crippen molar-refractivity contribution >= 4 is 11.9 Å². The van der Waals surface area contributed by atoms with Gasteiger partial charge in [0.2, 0.25) is 5.91 Å². The zero-order chi connectivity index (χ0) is 16.1. The molecule has 1 atom stereocenters. The predicted molar refractivity (Wildman–Crippen MR) is 83.9 cm³/mol. The summed E-state index contributed by atoms with van der Waals surface area (Å²) in [5, 5.41) is 2.60. The molecule has 0 aromatic heterocycles. The number of rotatable bonds is 5. The van der Waals surface area contributed by atoms with Crippen molar-refractivity contribution in [2.75, 3.05) is 0 Å². The van der Waals surface area contributed by atoms with Crippen molar-refractivity contribution in [3.05, 3.63) is 60.2 Å². The highest BCUT2D eigenvalue weighted by atomic mass is 16.5.